The average Bonchev–Trinajstić information content (AvgIpc) is 2.69. The van der Waals surface area contributed by atoms with Gasteiger partial charge in [-0.25, -0.2) is 13.2 Å². The van der Waals surface area contributed by atoms with Gasteiger partial charge in [0.15, 0.2) is 0 Å². The predicted molar refractivity (Wildman–Crippen MR) is 104 cm³/mol. The molecule has 3 rings (SSSR count). The highest BCUT2D eigenvalue weighted by Crippen LogP contribution is 2.22. The molecule has 0 radical (unpaired) electrons. The predicted octanol–water partition coefficient (Wildman–Crippen LogP) is 3.14. The first kappa shape index (κ1) is 19.3. The second-order valence-electron chi connectivity index (χ2n) is 6.60. The van der Waals surface area contributed by atoms with E-state index in [1.807, 2.05) is 19.1 Å². The summed E-state index contributed by atoms with van der Waals surface area (Å²) in [5.74, 6) is 0. The van der Waals surface area contributed by atoms with E-state index in [4.69, 9.17) is 0 Å². The number of amides is 2. The molecule has 2 N–H and O–H groups in total. The van der Waals surface area contributed by atoms with Gasteiger partial charge >= 0.3 is 6.03 Å². The van der Waals surface area contributed by atoms with Crippen molar-refractivity contribution < 1.29 is 13.2 Å². The number of carbonyl (C=O) groups is 1. The number of pyridine rings is 1. The SMILES string of the molecule is CC(NC(=O)Nc1ccc(S(=O)(=O)N2CCCCC2)cc1)c1cccnc1. The Labute approximate surface area is 159 Å². The molecule has 1 aromatic heterocycles. The third-order valence-electron chi connectivity index (χ3n) is 4.60. The standard InChI is InChI=1S/C19H24N4O3S/c1-15(16-6-5-11-20-14-16)21-19(24)22-17-7-9-18(10-8-17)27(25,26)23-12-3-2-4-13-23/h5-11,14-15H,2-4,12-13H2,1H3,(H2,21,22,24). The molecule has 7 nitrogen and oxygen atoms in total. The summed E-state index contributed by atoms with van der Waals surface area (Å²) >= 11 is 0. The highest BCUT2D eigenvalue weighted by Gasteiger charge is 2.25. The molecule has 1 aromatic carbocycles. The third-order valence-corrected chi connectivity index (χ3v) is 6.51. The number of nitrogens with one attached hydrogen (secondary N) is 2. The monoisotopic (exact) mass is 388 g/mol. The summed E-state index contributed by atoms with van der Waals surface area (Å²) in [6.07, 6.45) is 6.24. The average molecular weight is 388 g/mol. The molecule has 0 spiro atoms. The van der Waals surface area contributed by atoms with Crippen molar-refractivity contribution in [1.29, 1.82) is 0 Å². The Morgan fingerprint density at radius 1 is 1.11 bits per heavy atom. The van der Waals surface area contributed by atoms with Crippen LogP contribution < -0.4 is 10.6 Å². The number of nitrogens with zero attached hydrogens (tertiary/aromatic N) is 2. The molecule has 2 heterocycles. The minimum atomic E-state index is -3.46. The number of hydrogen-bond acceptors (Lipinski definition) is 4. The zero-order valence-corrected chi connectivity index (χ0v) is 16.1. The summed E-state index contributed by atoms with van der Waals surface area (Å²) < 4.78 is 26.8. The molecule has 1 unspecified atom stereocenters. The van der Waals surface area contributed by atoms with E-state index in [0.29, 0.717) is 18.8 Å². The van der Waals surface area contributed by atoms with Crippen LogP contribution in [0.5, 0.6) is 0 Å². The van der Waals surface area contributed by atoms with Gasteiger partial charge in [-0.3, -0.25) is 4.98 Å². The van der Waals surface area contributed by atoms with E-state index in [0.717, 1.165) is 24.8 Å². The number of anilines is 1. The summed E-state index contributed by atoms with van der Waals surface area (Å²) in [6.45, 7) is 3.00. The number of sulfonamides is 1. The van der Waals surface area contributed by atoms with E-state index in [9.17, 15) is 13.2 Å². The topological polar surface area (TPSA) is 91.4 Å². The number of hydrogen-bond donors (Lipinski definition) is 2. The lowest BCUT2D eigenvalue weighted by Crippen LogP contribution is -2.35. The van der Waals surface area contributed by atoms with Crippen LogP contribution in [-0.4, -0.2) is 36.8 Å². The summed E-state index contributed by atoms with van der Waals surface area (Å²) in [5.41, 5.74) is 1.43. The summed E-state index contributed by atoms with van der Waals surface area (Å²) in [6, 6.07) is 9.41. The van der Waals surface area contributed by atoms with Crippen LogP contribution >= 0.6 is 0 Å². The van der Waals surface area contributed by atoms with Gasteiger partial charge in [0.25, 0.3) is 0 Å². The minimum absolute atomic E-state index is 0.197. The molecule has 8 heteroatoms. The smallest absolute Gasteiger partial charge is 0.319 e. The van der Waals surface area contributed by atoms with Crippen LogP contribution in [0.25, 0.3) is 0 Å². The van der Waals surface area contributed by atoms with Gasteiger partial charge < -0.3 is 10.6 Å². The number of benzene rings is 1. The van der Waals surface area contributed by atoms with Crippen molar-refractivity contribution in [2.24, 2.45) is 0 Å². The Hall–Kier alpha value is -2.45. The molecular weight excluding hydrogens is 364 g/mol. The first-order valence-corrected chi connectivity index (χ1v) is 10.5. The Balaban J connectivity index is 1.61. The summed E-state index contributed by atoms with van der Waals surface area (Å²) in [5, 5.41) is 5.55. The normalized spacial score (nSPS) is 16.5. The van der Waals surface area contributed by atoms with E-state index in [1.165, 1.54) is 16.4 Å². The van der Waals surface area contributed by atoms with Crippen molar-refractivity contribution in [3.05, 3.63) is 54.4 Å². The molecule has 0 bridgehead atoms. The van der Waals surface area contributed by atoms with Gasteiger partial charge in [-0.1, -0.05) is 12.5 Å². The Bertz CT molecular complexity index is 864. The molecular formula is C19H24N4O3S. The van der Waals surface area contributed by atoms with Crippen molar-refractivity contribution in [2.45, 2.75) is 37.1 Å². The molecule has 1 atom stereocenters. The zero-order chi connectivity index (χ0) is 19.3. The lowest BCUT2D eigenvalue weighted by atomic mass is 10.1. The first-order chi connectivity index (χ1) is 13.0. The van der Waals surface area contributed by atoms with Gasteiger partial charge in [0, 0.05) is 31.2 Å². The number of urea groups is 1. The van der Waals surface area contributed by atoms with Crippen molar-refractivity contribution >= 4 is 21.7 Å². The number of carbonyl (C=O) groups excluding carboxylic acids is 1. The van der Waals surface area contributed by atoms with E-state index in [1.54, 1.807) is 24.5 Å². The Kier molecular flexibility index (Phi) is 6.08. The van der Waals surface area contributed by atoms with Gasteiger partial charge in [0.2, 0.25) is 10.0 Å². The minimum Gasteiger partial charge on any atom is -0.331 e. The van der Waals surface area contributed by atoms with Crippen molar-refractivity contribution in [3.8, 4) is 0 Å². The molecule has 1 fully saturated rings. The lowest BCUT2D eigenvalue weighted by Gasteiger charge is -2.25. The van der Waals surface area contributed by atoms with Crippen LogP contribution in [0.1, 0.15) is 37.8 Å². The Morgan fingerprint density at radius 3 is 2.44 bits per heavy atom. The van der Waals surface area contributed by atoms with Crippen LogP contribution in [0.15, 0.2) is 53.7 Å². The molecule has 0 aliphatic carbocycles. The van der Waals surface area contributed by atoms with Gasteiger partial charge in [-0.05, 0) is 55.7 Å². The van der Waals surface area contributed by atoms with E-state index < -0.39 is 10.0 Å². The molecule has 2 aromatic rings. The van der Waals surface area contributed by atoms with Crippen LogP contribution in [0.2, 0.25) is 0 Å². The molecule has 1 aliphatic rings. The van der Waals surface area contributed by atoms with Gasteiger partial charge in [0.1, 0.15) is 0 Å². The maximum atomic E-state index is 12.6. The zero-order valence-electron chi connectivity index (χ0n) is 15.3. The van der Waals surface area contributed by atoms with Gasteiger partial charge in [0.05, 0.1) is 10.9 Å². The molecule has 144 valence electrons. The summed E-state index contributed by atoms with van der Waals surface area (Å²) in [4.78, 5) is 16.4. The van der Waals surface area contributed by atoms with E-state index in [-0.39, 0.29) is 17.0 Å². The van der Waals surface area contributed by atoms with Crippen LogP contribution in [-0.2, 0) is 10.0 Å². The fourth-order valence-electron chi connectivity index (χ4n) is 3.04. The fraction of sp³-hybridized carbons (Fsp3) is 0.368. The summed E-state index contributed by atoms with van der Waals surface area (Å²) in [7, 11) is -3.46. The van der Waals surface area contributed by atoms with Crippen molar-refractivity contribution in [1.82, 2.24) is 14.6 Å². The van der Waals surface area contributed by atoms with E-state index >= 15 is 0 Å². The van der Waals surface area contributed by atoms with Crippen LogP contribution in [0, 0.1) is 0 Å². The van der Waals surface area contributed by atoms with E-state index in [2.05, 4.69) is 15.6 Å². The quantitative estimate of drug-likeness (QED) is 0.823. The first-order valence-electron chi connectivity index (χ1n) is 9.04. The maximum absolute atomic E-state index is 12.6. The molecule has 27 heavy (non-hydrogen) atoms. The van der Waals surface area contributed by atoms with Crippen LogP contribution in [0.4, 0.5) is 10.5 Å². The molecule has 2 amide bonds. The molecule has 1 aliphatic heterocycles. The maximum Gasteiger partial charge on any atom is 0.319 e. The van der Waals surface area contributed by atoms with Crippen molar-refractivity contribution in [2.75, 3.05) is 18.4 Å². The number of aromatic nitrogens is 1. The largest absolute Gasteiger partial charge is 0.331 e. The second kappa shape index (κ2) is 8.49. The Morgan fingerprint density at radius 2 is 1.81 bits per heavy atom. The number of rotatable bonds is 5. The fourth-order valence-corrected chi connectivity index (χ4v) is 4.56. The molecule has 1 saturated heterocycles. The second-order valence-corrected chi connectivity index (χ2v) is 8.53. The van der Waals surface area contributed by atoms with Crippen LogP contribution in [0.3, 0.4) is 0 Å². The lowest BCUT2D eigenvalue weighted by molar-refractivity contribution is 0.249. The highest BCUT2D eigenvalue weighted by atomic mass is 32.2. The molecule has 0 saturated carbocycles. The highest BCUT2D eigenvalue weighted by molar-refractivity contribution is 7.89. The van der Waals surface area contributed by atoms with Gasteiger partial charge in [-0.15, -0.1) is 0 Å². The number of piperidine rings is 1. The van der Waals surface area contributed by atoms with Gasteiger partial charge in [-0.2, -0.15) is 4.31 Å². The third kappa shape index (κ3) is 4.84. The van der Waals surface area contributed by atoms with Crippen molar-refractivity contribution in [3.63, 3.8) is 0 Å².